The number of primary amides is 1. The van der Waals surface area contributed by atoms with Gasteiger partial charge in [-0.1, -0.05) is 37.6 Å². The highest BCUT2D eigenvalue weighted by Crippen LogP contribution is 2.29. The third-order valence-corrected chi connectivity index (χ3v) is 3.07. The Morgan fingerprint density at radius 3 is 2.41 bits per heavy atom. The molecule has 0 aliphatic rings. The van der Waals surface area contributed by atoms with Crippen LogP contribution in [-0.2, 0) is 4.79 Å². The second-order valence-corrected chi connectivity index (χ2v) is 5.36. The van der Waals surface area contributed by atoms with Crippen molar-refractivity contribution in [2.75, 3.05) is 0 Å². The molecule has 0 radical (unpaired) electrons. The van der Waals surface area contributed by atoms with Crippen LogP contribution in [0.1, 0.15) is 49.3 Å². The van der Waals surface area contributed by atoms with E-state index in [2.05, 4.69) is 45.9 Å². The predicted octanol–water partition coefficient (Wildman–Crippen LogP) is 3.31. The molecule has 94 valence electrons. The van der Waals surface area contributed by atoms with Crippen molar-refractivity contribution in [2.24, 2.45) is 11.7 Å². The fraction of sp³-hybridized carbons (Fsp3) is 0.533. The van der Waals surface area contributed by atoms with Gasteiger partial charge in [-0.3, -0.25) is 4.79 Å². The van der Waals surface area contributed by atoms with Crippen molar-refractivity contribution >= 4 is 5.91 Å². The second-order valence-electron chi connectivity index (χ2n) is 5.36. The zero-order chi connectivity index (χ0) is 13.0. The Labute approximate surface area is 104 Å². The molecule has 0 fully saturated rings. The van der Waals surface area contributed by atoms with Crippen LogP contribution in [0, 0.1) is 19.8 Å². The molecular weight excluding hydrogens is 210 g/mol. The van der Waals surface area contributed by atoms with Crippen molar-refractivity contribution in [1.82, 2.24) is 0 Å². The van der Waals surface area contributed by atoms with Gasteiger partial charge in [0.1, 0.15) is 0 Å². The minimum Gasteiger partial charge on any atom is -0.370 e. The van der Waals surface area contributed by atoms with Crippen LogP contribution in [0.4, 0.5) is 0 Å². The number of hydrogen-bond donors (Lipinski definition) is 1. The summed E-state index contributed by atoms with van der Waals surface area (Å²) in [7, 11) is 0. The predicted molar refractivity (Wildman–Crippen MR) is 71.9 cm³/mol. The lowest BCUT2D eigenvalue weighted by Gasteiger charge is -2.20. The van der Waals surface area contributed by atoms with Gasteiger partial charge in [-0.15, -0.1) is 0 Å². The van der Waals surface area contributed by atoms with Crippen molar-refractivity contribution in [3.63, 3.8) is 0 Å². The first-order valence-corrected chi connectivity index (χ1v) is 6.25. The summed E-state index contributed by atoms with van der Waals surface area (Å²) in [5.41, 5.74) is 9.13. The minimum absolute atomic E-state index is 0.212. The Balaban J connectivity index is 2.98. The van der Waals surface area contributed by atoms with E-state index in [4.69, 9.17) is 5.73 Å². The lowest BCUT2D eigenvalue weighted by atomic mass is 9.85. The molecule has 2 nitrogen and oxygen atoms in total. The standard InChI is InChI=1S/C15H23NO/c1-10(2)7-13(9-15(16)17)14-6-5-11(3)8-12(14)4/h5-6,8,10,13H,7,9H2,1-4H3,(H2,16,17). The van der Waals surface area contributed by atoms with Crippen molar-refractivity contribution in [3.8, 4) is 0 Å². The molecule has 0 spiro atoms. The van der Waals surface area contributed by atoms with E-state index in [9.17, 15) is 4.79 Å². The number of rotatable bonds is 5. The summed E-state index contributed by atoms with van der Waals surface area (Å²) in [5.74, 6) is 0.615. The van der Waals surface area contributed by atoms with Gasteiger partial charge >= 0.3 is 0 Å². The largest absolute Gasteiger partial charge is 0.370 e. The maximum Gasteiger partial charge on any atom is 0.218 e. The Morgan fingerprint density at radius 1 is 1.29 bits per heavy atom. The van der Waals surface area contributed by atoms with Crippen LogP contribution in [0.2, 0.25) is 0 Å². The van der Waals surface area contributed by atoms with Crippen LogP contribution >= 0.6 is 0 Å². The van der Waals surface area contributed by atoms with Gasteiger partial charge in [0.2, 0.25) is 5.91 Å². The lowest BCUT2D eigenvalue weighted by Crippen LogP contribution is -2.17. The first-order valence-electron chi connectivity index (χ1n) is 6.25. The van der Waals surface area contributed by atoms with Crippen LogP contribution in [-0.4, -0.2) is 5.91 Å². The quantitative estimate of drug-likeness (QED) is 0.833. The van der Waals surface area contributed by atoms with Crippen LogP contribution in [0.15, 0.2) is 18.2 Å². The van der Waals surface area contributed by atoms with Crippen LogP contribution in [0.25, 0.3) is 0 Å². The van der Waals surface area contributed by atoms with Gasteiger partial charge in [-0.2, -0.15) is 0 Å². The van der Waals surface area contributed by atoms with E-state index in [1.807, 2.05) is 0 Å². The van der Waals surface area contributed by atoms with E-state index >= 15 is 0 Å². The number of carbonyl (C=O) groups excluding carboxylic acids is 1. The zero-order valence-corrected chi connectivity index (χ0v) is 11.3. The highest BCUT2D eigenvalue weighted by molar-refractivity contribution is 5.74. The van der Waals surface area contributed by atoms with Crippen molar-refractivity contribution in [1.29, 1.82) is 0 Å². The van der Waals surface area contributed by atoms with Gasteiger partial charge in [0.05, 0.1) is 0 Å². The van der Waals surface area contributed by atoms with Crippen molar-refractivity contribution in [2.45, 2.75) is 46.5 Å². The molecule has 2 N–H and O–H groups in total. The number of amides is 1. The molecule has 0 bridgehead atoms. The molecule has 0 aliphatic heterocycles. The summed E-state index contributed by atoms with van der Waals surface area (Å²) < 4.78 is 0. The molecular formula is C15H23NO. The maximum absolute atomic E-state index is 11.2. The third-order valence-electron chi connectivity index (χ3n) is 3.07. The lowest BCUT2D eigenvalue weighted by molar-refractivity contribution is -0.118. The molecule has 1 amide bonds. The van der Waals surface area contributed by atoms with Gasteiger partial charge in [0.15, 0.2) is 0 Å². The molecule has 0 aliphatic carbocycles. The van der Waals surface area contributed by atoms with Crippen LogP contribution in [0.5, 0.6) is 0 Å². The fourth-order valence-electron chi connectivity index (χ4n) is 2.42. The van der Waals surface area contributed by atoms with Gasteiger partial charge in [0, 0.05) is 6.42 Å². The SMILES string of the molecule is Cc1ccc(C(CC(N)=O)CC(C)C)c(C)c1. The highest BCUT2D eigenvalue weighted by atomic mass is 16.1. The molecule has 0 saturated carbocycles. The minimum atomic E-state index is -0.212. The molecule has 1 aromatic rings. The summed E-state index contributed by atoms with van der Waals surface area (Å²) in [6.07, 6.45) is 1.45. The number of benzene rings is 1. The monoisotopic (exact) mass is 233 g/mol. The smallest absolute Gasteiger partial charge is 0.218 e. The fourth-order valence-corrected chi connectivity index (χ4v) is 2.42. The maximum atomic E-state index is 11.2. The molecule has 0 heterocycles. The van der Waals surface area contributed by atoms with Gasteiger partial charge in [0.25, 0.3) is 0 Å². The number of aryl methyl sites for hydroxylation is 2. The van der Waals surface area contributed by atoms with Gasteiger partial charge in [-0.25, -0.2) is 0 Å². The normalized spacial score (nSPS) is 12.8. The van der Waals surface area contributed by atoms with E-state index in [1.165, 1.54) is 16.7 Å². The summed E-state index contributed by atoms with van der Waals surface area (Å²) in [6, 6.07) is 6.42. The number of carbonyl (C=O) groups is 1. The average molecular weight is 233 g/mol. The van der Waals surface area contributed by atoms with Crippen molar-refractivity contribution in [3.05, 3.63) is 34.9 Å². The Hall–Kier alpha value is -1.31. The van der Waals surface area contributed by atoms with E-state index in [1.54, 1.807) is 0 Å². The highest BCUT2D eigenvalue weighted by Gasteiger charge is 2.17. The molecule has 1 aromatic carbocycles. The van der Waals surface area contributed by atoms with Gasteiger partial charge in [-0.05, 0) is 43.2 Å². The topological polar surface area (TPSA) is 43.1 Å². The van der Waals surface area contributed by atoms with E-state index < -0.39 is 0 Å². The Bertz CT molecular complexity index is 396. The summed E-state index contributed by atoms with van der Waals surface area (Å²) in [6.45, 7) is 8.55. The summed E-state index contributed by atoms with van der Waals surface area (Å²) >= 11 is 0. The zero-order valence-electron chi connectivity index (χ0n) is 11.3. The van der Waals surface area contributed by atoms with E-state index in [-0.39, 0.29) is 11.8 Å². The van der Waals surface area contributed by atoms with Crippen molar-refractivity contribution < 1.29 is 4.79 Å². The second kappa shape index (κ2) is 5.85. The molecule has 1 atom stereocenters. The van der Waals surface area contributed by atoms with Crippen LogP contribution in [0.3, 0.4) is 0 Å². The van der Waals surface area contributed by atoms with Crippen LogP contribution < -0.4 is 5.73 Å². The number of hydrogen-bond acceptors (Lipinski definition) is 1. The first kappa shape index (κ1) is 13.8. The molecule has 1 unspecified atom stereocenters. The van der Waals surface area contributed by atoms with E-state index in [0.29, 0.717) is 12.3 Å². The number of nitrogens with two attached hydrogens (primary N) is 1. The first-order chi connectivity index (χ1) is 7.90. The summed E-state index contributed by atoms with van der Waals surface area (Å²) in [5, 5.41) is 0. The molecule has 0 aromatic heterocycles. The Morgan fingerprint density at radius 2 is 1.94 bits per heavy atom. The van der Waals surface area contributed by atoms with Gasteiger partial charge < -0.3 is 5.73 Å². The Kier molecular flexibility index (Phi) is 4.73. The third kappa shape index (κ3) is 4.22. The molecule has 0 saturated heterocycles. The molecule has 1 rings (SSSR count). The van der Waals surface area contributed by atoms with E-state index in [0.717, 1.165) is 6.42 Å². The average Bonchev–Trinajstić information content (AvgIpc) is 2.14. The molecule has 17 heavy (non-hydrogen) atoms. The summed E-state index contributed by atoms with van der Waals surface area (Å²) in [4.78, 5) is 11.2. The molecule has 2 heteroatoms.